The minimum atomic E-state index is 0.125. The number of nitrogens with zero attached hydrogens (tertiary/aromatic N) is 1. The topological polar surface area (TPSA) is 25.2 Å². The highest BCUT2D eigenvalue weighted by Crippen LogP contribution is 2.32. The van der Waals surface area contributed by atoms with Crippen LogP contribution in [0.25, 0.3) is 21.5 Å². The molecule has 0 saturated heterocycles. The maximum atomic E-state index is 9.14. The van der Waals surface area contributed by atoms with Crippen molar-refractivity contribution >= 4 is 21.6 Å². The molecule has 2 aromatic heterocycles. The van der Waals surface area contributed by atoms with Crippen molar-refractivity contribution in [3.05, 3.63) is 47.3 Å². The quantitative estimate of drug-likeness (QED) is 0.733. The molecule has 0 fully saturated rings. The van der Waals surface area contributed by atoms with Gasteiger partial charge in [0.1, 0.15) is 4.83 Å². The second-order valence-electron chi connectivity index (χ2n) is 4.09. The molecule has 0 spiro atoms. The van der Waals surface area contributed by atoms with Crippen LogP contribution in [0.1, 0.15) is 4.88 Å². The Hall–Kier alpha value is -1.58. The van der Waals surface area contributed by atoms with E-state index < -0.39 is 0 Å². The first-order valence-corrected chi connectivity index (χ1v) is 6.35. The van der Waals surface area contributed by atoms with Crippen LogP contribution in [0.3, 0.4) is 0 Å². The smallest absolute Gasteiger partial charge is 0.103 e. The predicted molar refractivity (Wildman–Crippen MR) is 72.2 cm³/mol. The number of fused-ring (bicyclic) bond motifs is 1. The van der Waals surface area contributed by atoms with Crippen LogP contribution in [0, 0.1) is 0 Å². The molecule has 0 radical (unpaired) electrons. The molecule has 0 unspecified atom stereocenters. The number of aromatic nitrogens is 1. The minimum Gasteiger partial charge on any atom is -0.391 e. The molecule has 2 heterocycles. The molecule has 0 aliphatic carbocycles. The van der Waals surface area contributed by atoms with Gasteiger partial charge in [-0.2, -0.15) is 0 Å². The minimum absolute atomic E-state index is 0.125. The predicted octanol–water partition coefficient (Wildman–Crippen LogP) is 3.40. The van der Waals surface area contributed by atoms with Gasteiger partial charge in [-0.25, -0.2) is 0 Å². The van der Waals surface area contributed by atoms with Crippen molar-refractivity contribution in [1.82, 2.24) is 4.57 Å². The lowest BCUT2D eigenvalue weighted by atomic mass is 10.1. The fraction of sp³-hybridized carbons (Fsp3) is 0.143. The maximum Gasteiger partial charge on any atom is 0.103 e. The summed E-state index contributed by atoms with van der Waals surface area (Å²) in [5.74, 6) is 0. The second kappa shape index (κ2) is 4.02. The highest BCUT2D eigenvalue weighted by atomic mass is 32.1. The first-order chi connectivity index (χ1) is 8.29. The molecule has 0 aliphatic rings. The maximum absolute atomic E-state index is 9.14. The van der Waals surface area contributed by atoms with Crippen molar-refractivity contribution < 1.29 is 5.11 Å². The summed E-state index contributed by atoms with van der Waals surface area (Å²) in [6.45, 7) is 0.125. The second-order valence-corrected chi connectivity index (χ2v) is 5.20. The summed E-state index contributed by atoms with van der Waals surface area (Å²) in [4.78, 5) is 2.23. The summed E-state index contributed by atoms with van der Waals surface area (Å²) in [6, 6.07) is 14.6. The Morgan fingerprint density at radius 2 is 1.94 bits per heavy atom. The molecule has 86 valence electrons. The Bertz CT molecular complexity index is 651. The van der Waals surface area contributed by atoms with E-state index in [-0.39, 0.29) is 6.61 Å². The van der Waals surface area contributed by atoms with Crippen molar-refractivity contribution in [2.75, 3.05) is 0 Å². The molecule has 3 rings (SSSR count). The van der Waals surface area contributed by atoms with Crippen molar-refractivity contribution in [2.24, 2.45) is 7.05 Å². The summed E-state index contributed by atoms with van der Waals surface area (Å²) >= 11 is 1.65. The lowest BCUT2D eigenvalue weighted by Gasteiger charge is -2.03. The monoisotopic (exact) mass is 243 g/mol. The van der Waals surface area contributed by atoms with E-state index in [1.807, 2.05) is 6.07 Å². The molecule has 2 nitrogen and oxygen atoms in total. The van der Waals surface area contributed by atoms with Crippen LogP contribution in [0.4, 0.5) is 0 Å². The molecule has 0 amide bonds. The zero-order chi connectivity index (χ0) is 11.8. The van der Waals surface area contributed by atoms with Crippen LogP contribution in [0.5, 0.6) is 0 Å². The van der Waals surface area contributed by atoms with E-state index in [1.54, 1.807) is 11.3 Å². The lowest BCUT2D eigenvalue weighted by molar-refractivity contribution is 0.285. The molecule has 0 aliphatic heterocycles. The van der Waals surface area contributed by atoms with Gasteiger partial charge in [0.15, 0.2) is 0 Å². The first-order valence-electron chi connectivity index (χ1n) is 5.54. The first kappa shape index (κ1) is 10.6. The highest BCUT2D eigenvalue weighted by Gasteiger charge is 2.10. The van der Waals surface area contributed by atoms with Gasteiger partial charge in [-0.1, -0.05) is 30.3 Å². The number of aryl methyl sites for hydroxylation is 1. The van der Waals surface area contributed by atoms with Crippen LogP contribution in [-0.4, -0.2) is 9.67 Å². The Kier molecular flexibility index (Phi) is 2.50. The van der Waals surface area contributed by atoms with E-state index in [0.29, 0.717) is 0 Å². The Morgan fingerprint density at radius 3 is 2.59 bits per heavy atom. The van der Waals surface area contributed by atoms with Crippen molar-refractivity contribution in [3.8, 4) is 11.3 Å². The number of benzene rings is 1. The van der Waals surface area contributed by atoms with Gasteiger partial charge in [0.2, 0.25) is 0 Å². The van der Waals surface area contributed by atoms with E-state index >= 15 is 0 Å². The third-order valence-corrected chi connectivity index (χ3v) is 4.19. The summed E-state index contributed by atoms with van der Waals surface area (Å²) in [7, 11) is 2.07. The number of hydrogen-bond acceptors (Lipinski definition) is 2. The number of aliphatic hydroxyl groups excluding tert-OH is 1. The zero-order valence-corrected chi connectivity index (χ0v) is 10.4. The van der Waals surface area contributed by atoms with E-state index in [2.05, 4.69) is 48.0 Å². The standard InChI is InChI=1S/C14H13NOS/c1-15-13(10-5-3-2-4-6-10)8-11-7-12(9-16)17-14(11)15/h2-8,16H,9H2,1H3. The number of thiophene rings is 1. The molecule has 0 atom stereocenters. The van der Waals surface area contributed by atoms with Crippen LogP contribution in [0.15, 0.2) is 42.5 Å². The largest absolute Gasteiger partial charge is 0.391 e. The molecule has 3 aromatic rings. The van der Waals surface area contributed by atoms with Gasteiger partial charge in [-0.3, -0.25) is 0 Å². The molecule has 17 heavy (non-hydrogen) atoms. The van der Waals surface area contributed by atoms with Gasteiger partial charge >= 0.3 is 0 Å². The average molecular weight is 243 g/mol. The summed E-state index contributed by atoms with van der Waals surface area (Å²) in [5, 5.41) is 10.3. The molecular weight excluding hydrogens is 230 g/mol. The Labute approximate surface area is 104 Å². The number of hydrogen-bond donors (Lipinski definition) is 1. The van der Waals surface area contributed by atoms with Crippen LogP contribution >= 0.6 is 11.3 Å². The Morgan fingerprint density at radius 1 is 1.18 bits per heavy atom. The molecule has 1 aromatic carbocycles. The zero-order valence-electron chi connectivity index (χ0n) is 9.55. The summed E-state index contributed by atoms with van der Waals surface area (Å²) in [6.07, 6.45) is 0. The molecular formula is C14H13NOS. The number of rotatable bonds is 2. The SMILES string of the molecule is Cn1c(-c2ccccc2)cc2cc(CO)sc21. The van der Waals surface area contributed by atoms with E-state index in [9.17, 15) is 0 Å². The van der Waals surface area contributed by atoms with Crippen LogP contribution < -0.4 is 0 Å². The lowest BCUT2D eigenvalue weighted by Crippen LogP contribution is -1.89. The van der Waals surface area contributed by atoms with E-state index in [1.165, 1.54) is 21.5 Å². The molecule has 3 heteroatoms. The van der Waals surface area contributed by atoms with Gasteiger partial charge in [0.05, 0.1) is 6.61 Å². The average Bonchev–Trinajstić information content (AvgIpc) is 2.90. The third-order valence-electron chi connectivity index (χ3n) is 2.97. The Balaban J connectivity index is 2.19. The molecule has 0 bridgehead atoms. The fourth-order valence-corrected chi connectivity index (χ4v) is 3.10. The van der Waals surface area contributed by atoms with E-state index in [4.69, 9.17) is 5.11 Å². The van der Waals surface area contributed by atoms with Gasteiger partial charge < -0.3 is 9.67 Å². The van der Waals surface area contributed by atoms with Gasteiger partial charge in [0.25, 0.3) is 0 Å². The van der Waals surface area contributed by atoms with Crippen molar-refractivity contribution in [3.63, 3.8) is 0 Å². The highest BCUT2D eigenvalue weighted by molar-refractivity contribution is 7.18. The summed E-state index contributed by atoms with van der Waals surface area (Å²) in [5.41, 5.74) is 2.44. The van der Waals surface area contributed by atoms with Gasteiger partial charge in [-0.15, -0.1) is 11.3 Å². The van der Waals surface area contributed by atoms with Crippen LogP contribution in [0.2, 0.25) is 0 Å². The normalized spacial score (nSPS) is 11.2. The fourth-order valence-electron chi connectivity index (χ4n) is 2.13. The van der Waals surface area contributed by atoms with E-state index in [0.717, 1.165) is 4.88 Å². The summed E-state index contributed by atoms with van der Waals surface area (Å²) < 4.78 is 2.19. The van der Waals surface area contributed by atoms with Crippen molar-refractivity contribution in [2.45, 2.75) is 6.61 Å². The number of aliphatic hydroxyl groups is 1. The van der Waals surface area contributed by atoms with Gasteiger partial charge in [-0.05, 0) is 17.7 Å². The third kappa shape index (κ3) is 1.68. The van der Waals surface area contributed by atoms with Gasteiger partial charge in [0, 0.05) is 23.0 Å². The van der Waals surface area contributed by atoms with Crippen molar-refractivity contribution in [1.29, 1.82) is 0 Å². The van der Waals surface area contributed by atoms with Crippen LogP contribution in [-0.2, 0) is 13.7 Å². The molecule has 0 saturated carbocycles. The molecule has 1 N–H and O–H groups in total.